The SMILES string of the molecule is CC(C)(C)OC(=O)N1Cc2cc(Oc3ccc(C(F)(F)F)cc3)ccc2C[C@@H]1C(=O)N[C@H](Cc1ccc(-c2ccccc2)cc1)C(=O)O. The van der Waals surface area contributed by atoms with Crippen LogP contribution in [0.4, 0.5) is 18.0 Å². The summed E-state index contributed by atoms with van der Waals surface area (Å²) in [6, 6.07) is 24.1. The van der Waals surface area contributed by atoms with E-state index < -0.39 is 47.4 Å². The molecule has 2 atom stereocenters. The van der Waals surface area contributed by atoms with E-state index in [-0.39, 0.29) is 25.1 Å². The Balaban J connectivity index is 1.34. The maximum atomic E-state index is 13.7. The maximum absolute atomic E-state index is 13.7. The number of fused-ring (bicyclic) bond motifs is 1. The van der Waals surface area contributed by atoms with Gasteiger partial charge in [0.15, 0.2) is 0 Å². The molecule has 0 radical (unpaired) electrons. The van der Waals surface area contributed by atoms with E-state index in [1.54, 1.807) is 39.0 Å². The summed E-state index contributed by atoms with van der Waals surface area (Å²) >= 11 is 0. The fourth-order valence-corrected chi connectivity index (χ4v) is 5.39. The predicted octanol–water partition coefficient (Wildman–Crippen LogP) is 7.64. The van der Waals surface area contributed by atoms with Crippen molar-refractivity contribution in [1.82, 2.24) is 10.2 Å². The number of rotatable bonds is 8. The van der Waals surface area contributed by atoms with Crippen LogP contribution in [0.15, 0.2) is 97.1 Å². The molecule has 0 unspecified atom stereocenters. The lowest BCUT2D eigenvalue weighted by atomic mass is 9.93. The van der Waals surface area contributed by atoms with Gasteiger partial charge >= 0.3 is 18.2 Å². The van der Waals surface area contributed by atoms with Gasteiger partial charge in [-0.2, -0.15) is 13.2 Å². The molecule has 5 rings (SSSR count). The molecule has 0 spiro atoms. The summed E-state index contributed by atoms with van der Waals surface area (Å²) in [7, 11) is 0. The fourth-order valence-electron chi connectivity index (χ4n) is 5.39. The number of halogens is 3. The van der Waals surface area contributed by atoms with Crippen molar-refractivity contribution < 1.29 is 42.1 Å². The number of hydrogen-bond donors (Lipinski definition) is 2. The third-order valence-electron chi connectivity index (χ3n) is 7.77. The molecule has 1 aliphatic rings. The Labute approximate surface area is 276 Å². The summed E-state index contributed by atoms with van der Waals surface area (Å²) in [5, 5.41) is 12.6. The topological polar surface area (TPSA) is 105 Å². The van der Waals surface area contributed by atoms with E-state index in [0.717, 1.165) is 28.8 Å². The number of nitrogens with zero attached hydrogens (tertiary/aromatic N) is 1. The van der Waals surface area contributed by atoms with Crippen LogP contribution in [0.3, 0.4) is 0 Å². The zero-order chi connectivity index (χ0) is 34.6. The smallest absolute Gasteiger partial charge is 0.416 e. The van der Waals surface area contributed by atoms with Crippen LogP contribution in [0, 0.1) is 0 Å². The quantitative estimate of drug-likeness (QED) is 0.201. The van der Waals surface area contributed by atoms with Gasteiger partial charge in [0.25, 0.3) is 0 Å². The molecule has 1 heterocycles. The standard InChI is InChI=1S/C37H35F3N2O6/c1-36(2,3)48-35(46)42-22-27-20-30(47-29-17-14-28(15-18-29)37(38,39)40)16-13-26(27)21-32(42)33(43)41-31(34(44)45)19-23-9-11-25(12-10-23)24-7-5-4-6-8-24/h4-18,20,31-32H,19,21-22H2,1-3H3,(H,41,43)(H,44,45)/t31-,32-/m1/s1. The second-order valence-electron chi connectivity index (χ2n) is 12.5. The monoisotopic (exact) mass is 660 g/mol. The van der Waals surface area contributed by atoms with E-state index in [9.17, 15) is 32.7 Å². The van der Waals surface area contributed by atoms with Gasteiger partial charge in [-0.25, -0.2) is 9.59 Å². The lowest BCUT2D eigenvalue weighted by Gasteiger charge is -2.37. The molecule has 1 aliphatic heterocycles. The van der Waals surface area contributed by atoms with Crippen LogP contribution in [0.25, 0.3) is 11.1 Å². The van der Waals surface area contributed by atoms with Gasteiger partial charge in [0, 0.05) is 12.8 Å². The zero-order valence-corrected chi connectivity index (χ0v) is 26.6. The molecule has 0 aliphatic carbocycles. The number of carboxylic acid groups (broad SMARTS) is 1. The molecule has 48 heavy (non-hydrogen) atoms. The molecule has 4 aromatic carbocycles. The molecule has 0 saturated carbocycles. The highest BCUT2D eigenvalue weighted by molar-refractivity contribution is 5.90. The highest BCUT2D eigenvalue weighted by Gasteiger charge is 2.38. The minimum atomic E-state index is -4.48. The first-order valence-corrected chi connectivity index (χ1v) is 15.3. The van der Waals surface area contributed by atoms with Gasteiger partial charge in [0.05, 0.1) is 12.1 Å². The summed E-state index contributed by atoms with van der Waals surface area (Å²) in [5.74, 6) is -1.36. The lowest BCUT2D eigenvalue weighted by molar-refractivity contribution is -0.142. The first-order valence-electron chi connectivity index (χ1n) is 15.3. The highest BCUT2D eigenvalue weighted by atomic mass is 19.4. The number of carboxylic acids is 1. The Kier molecular flexibility index (Phi) is 9.79. The predicted molar refractivity (Wildman–Crippen MR) is 172 cm³/mol. The van der Waals surface area contributed by atoms with Crippen molar-refractivity contribution >= 4 is 18.0 Å². The molecule has 250 valence electrons. The first-order chi connectivity index (χ1) is 22.7. The molecule has 0 saturated heterocycles. The lowest BCUT2D eigenvalue weighted by Crippen LogP contribution is -2.56. The third-order valence-corrected chi connectivity index (χ3v) is 7.77. The highest BCUT2D eigenvalue weighted by Crippen LogP contribution is 2.33. The fraction of sp³-hybridized carbons (Fsp3) is 0.270. The number of benzene rings is 4. The van der Waals surface area contributed by atoms with Gasteiger partial charge in [-0.3, -0.25) is 9.69 Å². The van der Waals surface area contributed by atoms with Crippen molar-refractivity contribution in [3.05, 3.63) is 119 Å². The second kappa shape index (κ2) is 13.8. The zero-order valence-electron chi connectivity index (χ0n) is 26.6. The van der Waals surface area contributed by atoms with Gasteiger partial charge in [-0.1, -0.05) is 60.7 Å². The summed E-state index contributed by atoms with van der Waals surface area (Å²) < 4.78 is 50.3. The Hall–Kier alpha value is -5.32. The van der Waals surface area contributed by atoms with Crippen LogP contribution in [0.2, 0.25) is 0 Å². The van der Waals surface area contributed by atoms with E-state index in [4.69, 9.17) is 9.47 Å². The number of carbonyl (C=O) groups excluding carboxylic acids is 2. The molecule has 2 N–H and O–H groups in total. The Morgan fingerprint density at radius 1 is 0.854 bits per heavy atom. The normalized spacial score (nSPS) is 15.2. The number of hydrogen-bond acceptors (Lipinski definition) is 5. The minimum Gasteiger partial charge on any atom is -0.480 e. The molecule has 11 heteroatoms. The van der Waals surface area contributed by atoms with Crippen LogP contribution in [-0.2, 0) is 39.9 Å². The Morgan fingerprint density at radius 3 is 2.08 bits per heavy atom. The van der Waals surface area contributed by atoms with Crippen molar-refractivity contribution in [3.8, 4) is 22.6 Å². The molecule has 8 nitrogen and oxygen atoms in total. The van der Waals surface area contributed by atoms with Gasteiger partial charge in [0.1, 0.15) is 29.2 Å². The molecular weight excluding hydrogens is 625 g/mol. The van der Waals surface area contributed by atoms with E-state index in [2.05, 4.69) is 5.32 Å². The van der Waals surface area contributed by atoms with E-state index in [1.165, 1.54) is 17.0 Å². The Bertz CT molecular complexity index is 1770. The van der Waals surface area contributed by atoms with Crippen LogP contribution < -0.4 is 10.1 Å². The minimum absolute atomic E-state index is 0.0243. The molecular formula is C37H35F3N2O6. The van der Waals surface area contributed by atoms with E-state index in [0.29, 0.717) is 16.9 Å². The number of carbonyl (C=O) groups is 3. The van der Waals surface area contributed by atoms with E-state index in [1.807, 2.05) is 54.6 Å². The summed E-state index contributed by atoms with van der Waals surface area (Å²) in [6.45, 7) is 5.03. The number of ether oxygens (including phenoxy) is 2. The molecule has 4 aromatic rings. The molecule has 2 amide bonds. The van der Waals surface area contributed by atoms with E-state index >= 15 is 0 Å². The first kappa shape index (κ1) is 34.0. The van der Waals surface area contributed by atoms with Crippen molar-refractivity contribution in [1.29, 1.82) is 0 Å². The van der Waals surface area contributed by atoms with Crippen LogP contribution in [-0.4, -0.2) is 45.7 Å². The van der Waals surface area contributed by atoms with Gasteiger partial charge in [-0.15, -0.1) is 0 Å². The number of nitrogens with one attached hydrogen (secondary N) is 1. The largest absolute Gasteiger partial charge is 0.480 e. The second-order valence-corrected chi connectivity index (χ2v) is 12.5. The molecule has 0 fully saturated rings. The van der Waals surface area contributed by atoms with Crippen LogP contribution in [0.1, 0.15) is 43.0 Å². The van der Waals surface area contributed by atoms with Gasteiger partial charge < -0.3 is 19.9 Å². The van der Waals surface area contributed by atoms with Crippen molar-refractivity contribution in [2.24, 2.45) is 0 Å². The molecule has 0 aromatic heterocycles. The average molecular weight is 661 g/mol. The Morgan fingerprint density at radius 2 is 1.48 bits per heavy atom. The summed E-state index contributed by atoms with van der Waals surface area (Å²) in [6.07, 6.45) is -5.14. The van der Waals surface area contributed by atoms with Crippen molar-refractivity contribution in [2.45, 2.75) is 64.0 Å². The van der Waals surface area contributed by atoms with Crippen molar-refractivity contribution in [2.75, 3.05) is 0 Å². The van der Waals surface area contributed by atoms with Gasteiger partial charge in [-0.05, 0) is 85.0 Å². The average Bonchev–Trinajstić information content (AvgIpc) is 3.03. The summed E-state index contributed by atoms with van der Waals surface area (Å²) in [4.78, 5) is 40.6. The summed E-state index contributed by atoms with van der Waals surface area (Å²) in [5.41, 5.74) is 2.38. The number of amides is 2. The van der Waals surface area contributed by atoms with Crippen molar-refractivity contribution in [3.63, 3.8) is 0 Å². The van der Waals surface area contributed by atoms with Crippen LogP contribution in [0.5, 0.6) is 11.5 Å². The van der Waals surface area contributed by atoms with Gasteiger partial charge in [0.2, 0.25) is 5.91 Å². The maximum Gasteiger partial charge on any atom is 0.416 e. The number of alkyl halides is 3. The third kappa shape index (κ3) is 8.52. The molecule has 0 bridgehead atoms. The van der Waals surface area contributed by atoms with Crippen LogP contribution >= 0.6 is 0 Å². The number of aliphatic carboxylic acids is 1.